The topological polar surface area (TPSA) is 75.7 Å². The Kier molecular flexibility index (Phi) is 3.85. The Morgan fingerprint density at radius 3 is 2.53 bits per heavy atom. The van der Waals surface area contributed by atoms with Crippen molar-refractivity contribution in [3.63, 3.8) is 0 Å². The molecule has 15 heavy (non-hydrogen) atoms. The molecule has 0 amide bonds. The van der Waals surface area contributed by atoms with Gasteiger partial charge >= 0.3 is 0 Å². The lowest BCUT2D eigenvalue weighted by Gasteiger charge is -2.02. The minimum absolute atomic E-state index is 0.121. The van der Waals surface area contributed by atoms with Gasteiger partial charge in [0.15, 0.2) is 0 Å². The number of carbonyl (C=O) groups is 1. The molecule has 0 saturated carbocycles. The van der Waals surface area contributed by atoms with Gasteiger partial charge in [-0.05, 0) is 18.1 Å². The highest BCUT2D eigenvalue weighted by Crippen LogP contribution is 2.07. The zero-order chi connectivity index (χ0) is 11.3. The molecule has 0 aliphatic rings. The monoisotopic (exact) mass is 206 g/mol. The molecule has 80 valence electrons. The first-order chi connectivity index (χ1) is 7.11. The van der Waals surface area contributed by atoms with Crippen molar-refractivity contribution in [3.8, 4) is 0 Å². The summed E-state index contributed by atoms with van der Waals surface area (Å²) >= 11 is 0. The smallest absolute Gasteiger partial charge is 0.143 e. The lowest BCUT2D eigenvalue weighted by Crippen LogP contribution is -2.14. The highest BCUT2D eigenvalue weighted by Gasteiger charge is 2.01. The van der Waals surface area contributed by atoms with E-state index < -0.39 is 0 Å². The van der Waals surface area contributed by atoms with Crippen molar-refractivity contribution in [2.75, 3.05) is 0 Å². The molecule has 0 unspecified atom stereocenters. The fourth-order valence-electron chi connectivity index (χ4n) is 1.38. The van der Waals surface area contributed by atoms with Crippen molar-refractivity contribution < 1.29 is 10.0 Å². The molecular formula is C11H14N2O2. The molecule has 0 fully saturated rings. The molecule has 0 aromatic heterocycles. The largest absolute Gasteiger partial charge is 0.409 e. The van der Waals surface area contributed by atoms with Crippen LogP contribution in [0.15, 0.2) is 29.4 Å². The molecule has 0 radical (unpaired) electrons. The van der Waals surface area contributed by atoms with Gasteiger partial charge in [0.05, 0.1) is 0 Å². The van der Waals surface area contributed by atoms with Crippen LogP contribution in [-0.2, 0) is 17.6 Å². The van der Waals surface area contributed by atoms with Gasteiger partial charge in [0.25, 0.3) is 0 Å². The number of amidine groups is 1. The van der Waals surface area contributed by atoms with E-state index in [4.69, 9.17) is 10.9 Å². The predicted octanol–water partition coefficient (Wildman–Crippen LogP) is 1.11. The molecule has 0 aliphatic carbocycles. The molecule has 1 rings (SSSR count). The van der Waals surface area contributed by atoms with Crippen molar-refractivity contribution >= 4 is 11.6 Å². The fraction of sp³-hybridized carbons (Fsp3) is 0.273. The van der Waals surface area contributed by atoms with Crippen molar-refractivity contribution in [3.05, 3.63) is 35.4 Å². The highest BCUT2D eigenvalue weighted by molar-refractivity contribution is 5.82. The Labute approximate surface area is 88.4 Å². The van der Waals surface area contributed by atoms with Crippen LogP contribution in [0.3, 0.4) is 0 Å². The maximum absolute atomic E-state index is 10.9. The Morgan fingerprint density at radius 2 is 2.00 bits per heavy atom. The molecule has 4 nitrogen and oxygen atoms in total. The van der Waals surface area contributed by atoms with Crippen LogP contribution in [0.5, 0.6) is 0 Å². The van der Waals surface area contributed by atoms with E-state index in [9.17, 15) is 4.79 Å². The van der Waals surface area contributed by atoms with Crippen molar-refractivity contribution in [2.24, 2.45) is 10.9 Å². The Bertz CT molecular complexity index is 386. The first kappa shape index (κ1) is 11.2. The average Bonchev–Trinajstić information content (AvgIpc) is 2.17. The van der Waals surface area contributed by atoms with Gasteiger partial charge in [0.1, 0.15) is 11.6 Å². The van der Waals surface area contributed by atoms with Gasteiger partial charge in [-0.25, -0.2) is 0 Å². The number of rotatable bonds is 4. The summed E-state index contributed by atoms with van der Waals surface area (Å²) in [5.41, 5.74) is 7.27. The molecule has 1 aromatic rings. The second-order valence-electron chi connectivity index (χ2n) is 3.47. The van der Waals surface area contributed by atoms with Gasteiger partial charge in [0, 0.05) is 12.8 Å². The summed E-state index contributed by atoms with van der Waals surface area (Å²) in [6.45, 7) is 1.55. The highest BCUT2D eigenvalue weighted by atomic mass is 16.4. The molecule has 1 aromatic carbocycles. The molecule has 0 spiro atoms. The summed E-state index contributed by atoms with van der Waals surface area (Å²) in [4.78, 5) is 10.9. The lowest BCUT2D eigenvalue weighted by molar-refractivity contribution is -0.116. The second-order valence-corrected chi connectivity index (χ2v) is 3.47. The van der Waals surface area contributed by atoms with Crippen LogP contribution in [0.25, 0.3) is 0 Å². The van der Waals surface area contributed by atoms with Crippen molar-refractivity contribution in [1.82, 2.24) is 0 Å². The van der Waals surface area contributed by atoms with E-state index in [0.717, 1.165) is 11.1 Å². The Hall–Kier alpha value is -1.84. The number of nitrogens with zero attached hydrogens (tertiary/aromatic N) is 1. The first-order valence-corrected chi connectivity index (χ1v) is 4.65. The summed E-state index contributed by atoms with van der Waals surface area (Å²) in [5.74, 6) is 0.283. The molecule has 3 N–H and O–H groups in total. The average molecular weight is 206 g/mol. The molecule has 0 heterocycles. The minimum Gasteiger partial charge on any atom is -0.409 e. The van der Waals surface area contributed by atoms with E-state index in [2.05, 4.69) is 5.16 Å². The molecular weight excluding hydrogens is 192 g/mol. The number of hydrogen-bond donors (Lipinski definition) is 2. The second kappa shape index (κ2) is 5.14. The third kappa shape index (κ3) is 3.81. The lowest BCUT2D eigenvalue weighted by atomic mass is 10.0. The summed E-state index contributed by atoms with van der Waals surface area (Å²) in [5, 5.41) is 11.3. The van der Waals surface area contributed by atoms with E-state index in [1.54, 1.807) is 6.92 Å². The minimum atomic E-state index is 0.121. The van der Waals surface area contributed by atoms with Crippen LogP contribution >= 0.6 is 0 Å². The number of hydrogen-bond acceptors (Lipinski definition) is 3. The standard InChI is InChI=1S/C11H14N2O2/c1-8(14)5-9-3-2-4-10(6-9)7-11(12)13-15/h2-4,6,15H,5,7H2,1H3,(H2,12,13). The quantitative estimate of drug-likeness (QED) is 0.335. The summed E-state index contributed by atoms with van der Waals surface area (Å²) in [6, 6.07) is 7.51. The van der Waals surface area contributed by atoms with E-state index in [1.807, 2.05) is 24.3 Å². The van der Waals surface area contributed by atoms with Gasteiger partial charge in [-0.3, -0.25) is 4.79 Å². The van der Waals surface area contributed by atoms with Crippen LogP contribution in [0.4, 0.5) is 0 Å². The van der Waals surface area contributed by atoms with Gasteiger partial charge in [-0.2, -0.15) is 0 Å². The van der Waals surface area contributed by atoms with Gasteiger partial charge in [-0.15, -0.1) is 0 Å². The Morgan fingerprint density at radius 1 is 1.40 bits per heavy atom. The Balaban J connectivity index is 2.78. The molecule has 0 aliphatic heterocycles. The van der Waals surface area contributed by atoms with Gasteiger partial charge < -0.3 is 10.9 Å². The third-order valence-electron chi connectivity index (χ3n) is 1.96. The summed E-state index contributed by atoms with van der Waals surface area (Å²) in [7, 11) is 0. The molecule has 0 saturated heterocycles. The van der Waals surface area contributed by atoms with E-state index in [1.165, 1.54) is 0 Å². The van der Waals surface area contributed by atoms with Gasteiger partial charge in [-0.1, -0.05) is 29.4 Å². The van der Waals surface area contributed by atoms with Crippen LogP contribution in [0, 0.1) is 0 Å². The molecule has 0 bridgehead atoms. The zero-order valence-corrected chi connectivity index (χ0v) is 8.60. The third-order valence-corrected chi connectivity index (χ3v) is 1.96. The van der Waals surface area contributed by atoms with Crippen molar-refractivity contribution in [1.29, 1.82) is 0 Å². The van der Waals surface area contributed by atoms with Crippen molar-refractivity contribution in [2.45, 2.75) is 19.8 Å². The fourth-order valence-corrected chi connectivity index (χ4v) is 1.38. The molecule has 0 atom stereocenters. The normalized spacial score (nSPS) is 11.4. The van der Waals surface area contributed by atoms with E-state index in [0.29, 0.717) is 12.8 Å². The SMILES string of the molecule is CC(=O)Cc1cccc(C/C(N)=N/O)c1. The van der Waals surface area contributed by atoms with Gasteiger partial charge in [0.2, 0.25) is 0 Å². The maximum Gasteiger partial charge on any atom is 0.143 e. The molecule has 4 heteroatoms. The van der Waals surface area contributed by atoms with Crippen LogP contribution < -0.4 is 5.73 Å². The number of ketones is 1. The zero-order valence-electron chi connectivity index (χ0n) is 8.60. The van der Waals surface area contributed by atoms with E-state index >= 15 is 0 Å². The summed E-state index contributed by atoms with van der Waals surface area (Å²) in [6.07, 6.45) is 0.812. The van der Waals surface area contributed by atoms with E-state index in [-0.39, 0.29) is 11.6 Å². The number of oxime groups is 1. The predicted molar refractivity (Wildman–Crippen MR) is 57.9 cm³/mol. The summed E-state index contributed by atoms with van der Waals surface area (Å²) < 4.78 is 0. The maximum atomic E-state index is 10.9. The van der Waals surface area contributed by atoms with Crippen LogP contribution in [0.2, 0.25) is 0 Å². The number of benzene rings is 1. The van der Waals surface area contributed by atoms with Crippen LogP contribution in [0.1, 0.15) is 18.1 Å². The van der Waals surface area contributed by atoms with Crippen LogP contribution in [-0.4, -0.2) is 16.8 Å². The first-order valence-electron chi connectivity index (χ1n) is 4.65. The number of Topliss-reactive ketones (excluding diaryl/α,β-unsaturated/α-hetero) is 1. The number of nitrogens with two attached hydrogens (primary N) is 1. The number of carbonyl (C=O) groups excluding carboxylic acids is 1.